The van der Waals surface area contributed by atoms with Gasteiger partial charge in [-0.1, -0.05) is 0 Å². The average molecular weight is 225 g/mol. The first kappa shape index (κ1) is 10.5. The van der Waals surface area contributed by atoms with E-state index in [1.165, 1.54) is 11.1 Å². The Hall–Kier alpha value is -2.05. The Morgan fingerprint density at radius 2 is 2.25 bits per heavy atom. The first-order chi connectivity index (χ1) is 7.58. The van der Waals surface area contributed by atoms with Crippen LogP contribution >= 0.6 is 0 Å². The summed E-state index contributed by atoms with van der Waals surface area (Å²) >= 11 is 0. The molecular weight excluding hydrogens is 214 g/mol. The number of aromatic amines is 2. The average Bonchev–Trinajstić information content (AvgIpc) is 2.84. The molecular formula is C9H11N3O4. The number of amides is 1. The van der Waals surface area contributed by atoms with Crippen LogP contribution in [0.2, 0.25) is 0 Å². The molecule has 7 nitrogen and oxygen atoms in total. The summed E-state index contributed by atoms with van der Waals surface area (Å²) in [4.78, 5) is 39.4. The molecule has 1 unspecified atom stereocenters. The highest BCUT2D eigenvalue weighted by Gasteiger charge is 2.31. The van der Waals surface area contributed by atoms with Crippen LogP contribution in [0.4, 0.5) is 0 Å². The number of hydrogen-bond donors (Lipinski definition) is 3. The highest BCUT2D eigenvalue weighted by molar-refractivity contribution is 5.92. The molecule has 1 aromatic heterocycles. The van der Waals surface area contributed by atoms with Crippen molar-refractivity contribution in [1.29, 1.82) is 0 Å². The molecule has 1 aromatic rings. The molecule has 1 aliphatic heterocycles. The molecule has 2 heterocycles. The van der Waals surface area contributed by atoms with Crippen molar-refractivity contribution < 1.29 is 14.7 Å². The van der Waals surface area contributed by atoms with Gasteiger partial charge in [-0.3, -0.25) is 9.59 Å². The van der Waals surface area contributed by atoms with Crippen LogP contribution in [-0.4, -0.2) is 44.9 Å². The lowest BCUT2D eigenvalue weighted by Crippen LogP contribution is -2.30. The van der Waals surface area contributed by atoms with Crippen LogP contribution in [0.5, 0.6) is 0 Å². The van der Waals surface area contributed by atoms with Crippen molar-refractivity contribution in [1.82, 2.24) is 14.9 Å². The van der Waals surface area contributed by atoms with Gasteiger partial charge in [0.15, 0.2) is 0 Å². The second kappa shape index (κ2) is 3.84. The number of nitrogens with zero attached hydrogens (tertiary/aromatic N) is 1. The fourth-order valence-corrected chi connectivity index (χ4v) is 1.76. The molecule has 3 N–H and O–H groups in total. The monoisotopic (exact) mass is 225 g/mol. The van der Waals surface area contributed by atoms with Gasteiger partial charge in [0.05, 0.1) is 5.92 Å². The van der Waals surface area contributed by atoms with E-state index in [1.807, 2.05) is 0 Å². The maximum absolute atomic E-state index is 11.8. The smallest absolute Gasteiger partial charge is 0.323 e. The van der Waals surface area contributed by atoms with Gasteiger partial charge >= 0.3 is 11.7 Å². The van der Waals surface area contributed by atoms with Gasteiger partial charge in [-0.2, -0.15) is 0 Å². The van der Waals surface area contributed by atoms with Gasteiger partial charge in [0, 0.05) is 19.3 Å². The molecule has 1 fully saturated rings. The zero-order valence-electron chi connectivity index (χ0n) is 8.40. The highest BCUT2D eigenvalue weighted by Crippen LogP contribution is 2.17. The molecule has 0 saturated carbocycles. The predicted molar refractivity (Wildman–Crippen MR) is 53.1 cm³/mol. The summed E-state index contributed by atoms with van der Waals surface area (Å²) in [6.45, 7) is 0.602. The van der Waals surface area contributed by atoms with E-state index >= 15 is 0 Å². The summed E-state index contributed by atoms with van der Waals surface area (Å²) in [5.41, 5.74) is -0.284. The Morgan fingerprint density at radius 1 is 1.50 bits per heavy atom. The van der Waals surface area contributed by atoms with Gasteiger partial charge in [-0.25, -0.2) is 4.79 Å². The number of H-pyrrole nitrogens is 2. The van der Waals surface area contributed by atoms with Crippen molar-refractivity contribution in [2.45, 2.75) is 6.42 Å². The van der Waals surface area contributed by atoms with Gasteiger partial charge < -0.3 is 20.0 Å². The summed E-state index contributed by atoms with van der Waals surface area (Å²) in [6, 6.07) is 0. The minimum absolute atomic E-state index is 0.163. The number of carbonyl (C=O) groups is 2. The van der Waals surface area contributed by atoms with Crippen molar-refractivity contribution in [2.75, 3.05) is 13.1 Å². The summed E-state index contributed by atoms with van der Waals surface area (Å²) in [6.07, 6.45) is 1.74. The normalized spacial score (nSPS) is 20.0. The molecule has 1 atom stereocenters. The van der Waals surface area contributed by atoms with Gasteiger partial charge in [0.1, 0.15) is 5.69 Å². The van der Waals surface area contributed by atoms with Gasteiger partial charge in [0.2, 0.25) is 0 Å². The van der Waals surface area contributed by atoms with E-state index in [9.17, 15) is 14.4 Å². The minimum Gasteiger partial charge on any atom is -0.481 e. The Balaban J connectivity index is 2.08. The molecule has 1 aliphatic rings. The molecule has 2 rings (SSSR count). The van der Waals surface area contributed by atoms with Crippen LogP contribution in [0.25, 0.3) is 0 Å². The molecule has 1 amide bonds. The Bertz CT molecular complexity index is 475. The topological polar surface area (TPSA) is 106 Å². The number of aromatic nitrogens is 2. The van der Waals surface area contributed by atoms with Crippen LogP contribution < -0.4 is 5.69 Å². The van der Waals surface area contributed by atoms with E-state index in [0.29, 0.717) is 13.0 Å². The molecule has 0 radical (unpaired) electrons. The third-order valence-electron chi connectivity index (χ3n) is 2.65. The van der Waals surface area contributed by atoms with Gasteiger partial charge in [-0.05, 0) is 6.42 Å². The number of imidazole rings is 1. The van der Waals surface area contributed by atoms with E-state index in [0.717, 1.165) is 0 Å². The number of hydrogen-bond acceptors (Lipinski definition) is 3. The summed E-state index contributed by atoms with van der Waals surface area (Å²) in [5, 5.41) is 8.79. The van der Waals surface area contributed by atoms with Gasteiger partial charge in [-0.15, -0.1) is 0 Å². The molecule has 0 spiro atoms. The predicted octanol–water partition coefficient (Wildman–Crippen LogP) is -0.750. The second-order valence-electron chi connectivity index (χ2n) is 3.73. The summed E-state index contributed by atoms with van der Waals surface area (Å²) < 4.78 is 0. The number of carboxylic acid groups (broad SMARTS) is 1. The molecule has 0 aromatic carbocycles. The van der Waals surface area contributed by atoms with Gasteiger partial charge in [0.25, 0.3) is 5.91 Å². The zero-order valence-corrected chi connectivity index (χ0v) is 8.40. The van der Waals surface area contributed by atoms with E-state index in [4.69, 9.17) is 5.11 Å². The zero-order chi connectivity index (χ0) is 11.7. The molecule has 1 saturated heterocycles. The highest BCUT2D eigenvalue weighted by atomic mass is 16.4. The number of likely N-dealkylation sites (tertiary alicyclic amines) is 1. The standard InChI is InChI=1S/C9H11N3O4/c13-7(6-3-10-9(16)11-6)12-2-1-5(4-12)8(14)15/h3,5H,1-2,4H2,(H,14,15)(H2,10,11,16). The van der Waals surface area contributed by atoms with Crippen LogP contribution in [0.15, 0.2) is 11.0 Å². The lowest BCUT2D eigenvalue weighted by Gasteiger charge is -2.13. The van der Waals surface area contributed by atoms with E-state index in [2.05, 4.69) is 9.97 Å². The SMILES string of the molecule is O=C(O)C1CCN(C(=O)c2c[nH]c(=O)[nH]2)C1. The number of carboxylic acids is 1. The van der Waals surface area contributed by atoms with E-state index < -0.39 is 17.6 Å². The van der Waals surface area contributed by atoms with Crippen molar-refractivity contribution >= 4 is 11.9 Å². The fraction of sp³-hybridized carbons (Fsp3) is 0.444. The van der Waals surface area contributed by atoms with Crippen LogP contribution in [0.1, 0.15) is 16.9 Å². The maximum Gasteiger partial charge on any atom is 0.323 e. The number of carbonyl (C=O) groups excluding carboxylic acids is 1. The second-order valence-corrected chi connectivity index (χ2v) is 3.73. The van der Waals surface area contributed by atoms with Crippen LogP contribution in [0.3, 0.4) is 0 Å². The molecule has 0 aliphatic carbocycles. The Labute approximate surface area is 90.1 Å². The van der Waals surface area contributed by atoms with Crippen molar-refractivity contribution in [2.24, 2.45) is 5.92 Å². The lowest BCUT2D eigenvalue weighted by atomic mass is 10.1. The lowest BCUT2D eigenvalue weighted by molar-refractivity contribution is -0.141. The number of rotatable bonds is 2. The molecule has 0 bridgehead atoms. The van der Waals surface area contributed by atoms with Crippen LogP contribution in [-0.2, 0) is 4.79 Å². The first-order valence-electron chi connectivity index (χ1n) is 4.87. The number of aliphatic carboxylic acids is 1. The van der Waals surface area contributed by atoms with Crippen LogP contribution in [0, 0.1) is 5.92 Å². The summed E-state index contributed by atoms with van der Waals surface area (Å²) in [5.74, 6) is -1.74. The quantitative estimate of drug-likeness (QED) is 0.615. The molecule has 7 heteroatoms. The van der Waals surface area contributed by atoms with Crippen molar-refractivity contribution in [3.8, 4) is 0 Å². The first-order valence-corrected chi connectivity index (χ1v) is 4.87. The number of nitrogens with one attached hydrogen (secondary N) is 2. The summed E-state index contributed by atoms with van der Waals surface area (Å²) in [7, 11) is 0. The van der Waals surface area contributed by atoms with E-state index in [1.54, 1.807) is 0 Å². The Kier molecular flexibility index (Phi) is 2.51. The molecule has 86 valence electrons. The van der Waals surface area contributed by atoms with E-state index in [-0.39, 0.29) is 18.1 Å². The third-order valence-corrected chi connectivity index (χ3v) is 2.65. The van der Waals surface area contributed by atoms with Crippen molar-refractivity contribution in [3.05, 3.63) is 22.4 Å². The fourth-order valence-electron chi connectivity index (χ4n) is 1.76. The maximum atomic E-state index is 11.8. The largest absolute Gasteiger partial charge is 0.481 e. The minimum atomic E-state index is -0.891. The van der Waals surface area contributed by atoms with Crippen molar-refractivity contribution in [3.63, 3.8) is 0 Å². The molecule has 16 heavy (non-hydrogen) atoms. The third kappa shape index (κ3) is 1.83. The Morgan fingerprint density at radius 3 is 2.75 bits per heavy atom.